The molecule has 1 aromatic rings. The minimum absolute atomic E-state index is 0.0749. The van der Waals surface area contributed by atoms with Crippen LogP contribution in [0.5, 0.6) is 11.5 Å². The Balaban J connectivity index is 3.09. The van der Waals surface area contributed by atoms with Crippen molar-refractivity contribution in [2.75, 3.05) is 13.7 Å². The molecule has 0 aliphatic carbocycles. The van der Waals surface area contributed by atoms with E-state index in [1.807, 2.05) is 25.1 Å². The third kappa shape index (κ3) is 3.99. The van der Waals surface area contributed by atoms with Gasteiger partial charge < -0.3 is 9.47 Å². The van der Waals surface area contributed by atoms with Crippen molar-refractivity contribution >= 4 is 5.78 Å². The van der Waals surface area contributed by atoms with Crippen LogP contribution in [-0.2, 0) is 4.79 Å². The summed E-state index contributed by atoms with van der Waals surface area (Å²) >= 11 is 0. The van der Waals surface area contributed by atoms with Gasteiger partial charge >= 0.3 is 0 Å². The number of carbonyl (C=O) groups is 1. The lowest BCUT2D eigenvalue weighted by Gasteiger charge is -2.21. The molecule has 1 atom stereocenters. The van der Waals surface area contributed by atoms with Crippen molar-refractivity contribution in [3.05, 3.63) is 23.8 Å². The average Bonchev–Trinajstić information content (AvgIpc) is 2.45. The number of hydrogen-bond acceptors (Lipinski definition) is 3. The van der Waals surface area contributed by atoms with Crippen molar-refractivity contribution in [3.8, 4) is 11.5 Å². The van der Waals surface area contributed by atoms with Crippen molar-refractivity contribution < 1.29 is 14.3 Å². The van der Waals surface area contributed by atoms with Crippen LogP contribution in [0, 0.1) is 5.92 Å². The molecule has 0 saturated carbocycles. The average molecular weight is 278 g/mol. The molecule has 3 heteroatoms. The minimum Gasteiger partial charge on any atom is -0.493 e. The lowest BCUT2D eigenvalue weighted by atomic mass is 9.84. The second-order valence-corrected chi connectivity index (χ2v) is 5.30. The summed E-state index contributed by atoms with van der Waals surface area (Å²) in [5, 5.41) is 0. The number of Topliss-reactive ketones (excluding diaryl/α,β-unsaturated/α-hetero) is 1. The van der Waals surface area contributed by atoms with E-state index in [0.717, 1.165) is 17.7 Å². The van der Waals surface area contributed by atoms with E-state index in [9.17, 15) is 4.79 Å². The molecular formula is C17H26O3. The van der Waals surface area contributed by atoms with Gasteiger partial charge in [0.1, 0.15) is 5.78 Å². The summed E-state index contributed by atoms with van der Waals surface area (Å²) in [7, 11) is 1.63. The van der Waals surface area contributed by atoms with Crippen molar-refractivity contribution in [2.45, 2.75) is 46.5 Å². The van der Waals surface area contributed by atoms with Crippen LogP contribution in [0.1, 0.15) is 52.0 Å². The molecule has 0 amide bonds. The van der Waals surface area contributed by atoms with Crippen LogP contribution in [0.25, 0.3) is 0 Å². The molecule has 112 valence electrons. The second-order valence-electron chi connectivity index (χ2n) is 5.30. The van der Waals surface area contributed by atoms with Crippen LogP contribution >= 0.6 is 0 Å². The largest absolute Gasteiger partial charge is 0.493 e. The number of hydrogen-bond donors (Lipinski definition) is 0. The zero-order valence-electron chi connectivity index (χ0n) is 13.2. The van der Waals surface area contributed by atoms with Crippen molar-refractivity contribution in [2.24, 2.45) is 5.92 Å². The lowest BCUT2D eigenvalue weighted by molar-refractivity contribution is -0.121. The molecule has 3 nitrogen and oxygen atoms in total. The molecule has 0 heterocycles. The van der Waals surface area contributed by atoms with Crippen LogP contribution in [0.3, 0.4) is 0 Å². The number of methoxy groups -OCH3 is 1. The molecule has 0 radical (unpaired) electrons. The van der Waals surface area contributed by atoms with E-state index in [-0.39, 0.29) is 17.6 Å². The first-order valence-electron chi connectivity index (χ1n) is 7.38. The monoisotopic (exact) mass is 278 g/mol. The molecule has 0 aromatic heterocycles. The normalized spacial score (nSPS) is 12.3. The summed E-state index contributed by atoms with van der Waals surface area (Å²) in [5.74, 6) is 1.91. The highest BCUT2D eigenvalue weighted by Gasteiger charge is 2.23. The predicted molar refractivity (Wildman–Crippen MR) is 81.7 cm³/mol. The molecule has 1 aromatic carbocycles. The number of benzene rings is 1. The van der Waals surface area contributed by atoms with Crippen molar-refractivity contribution in [1.82, 2.24) is 0 Å². The minimum atomic E-state index is -0.0749. The van der Waals surface area contributed by atoms with E-state index < -0.39 is 0 Å². The van der Waals surface area contributed by atoms with Gasteiger partial charge in [0.15, 0.2) is 11.5 Å². The molecular weight excluding hydrogens is 252 g/mol. The van der Waals surface area contributed by atoms with Crippen LogP contribution in [-0.4, -0.2) is 19.5 Å². The summed E-state index contributed by atoms with van der Waals surface area (Å²) in [6.45, 7) is 8.79. The Bertz CT molecular complexity index is 438. The van der Waals surface area contributed by atoms with E-state index >= 15 is 0 Å². The van der Waals surface area contributed by atoms with E-state index in [1.165, 1.54) is 0 Å². The van der Waals surface area contributed by atoms with Gasteiger partial charge in [0.05, 0.1) is 13.7 Å². The van der Waals surface area contributed by atoms with E-state index in [1.54, 1.807) is 7.11 Å². The first-order chi connectivity index (χ1) is 9.54. The van der Waals surface area contributed by atoms with Gasteiger partial charge in [-0.05, 0) is 30.0 Å². The van der Waals surface area contributed by atoms with Crippen LogP contribution in [0.4, 0.5) is 0 Å². The third-order valence-corrected chi connectivity index (χ3v) is 3.37. The first kappa shape index (κ1) is 16.5. The maximum atomic E-state index is 12.1. The molecule has 0 saturated heterocycles. The van der Waals surface area contributed by atoms with E-state index in [4.69, 9.17) is 9.47 Å². The fraction of sp³-hybridized carbons (Fsp3) is 0.588. The fourth-order valence-corrected chi connectivity index (χ4v) is 2.37. The molecule has 0 bridgehead atoms. The fourth-order valence-electron chi connectivity index (χ4n) is 2.37. The maximum Gasteiger partial charge on any atom is 0.161 e. The first-order valence-corrected chi connectivity index (χ1v) is 7.38. The highest BCUT2D eigenvalue weighted by Crippen LogP contribution is 2.34. The molecule has 1 unspecified atom stereocenters. The topological polar surface area (TPSA) is 35.5 Å². The zero-order valence-corrected chi connectivity index (χ0v) is 13.2. The van der Waals surface area contributed by atoms with Gasteiger partial charge in [-0.1, -0.05) is 33.8 Å². The molecule has 0 spiro atoms. The van der Waals surface area contributed by atoms with Gasteiger partial charge in [0, 0.05) is 12.3 Å². The Kier molecular flexibility index (Phi) is 6.56. The number of ether oxygens (including phenoxy) is 2. The molecule has 20 heavy (non-hydrogen) atoms. The summed E-state index contributed by atoms with van der Waals surface area (Å²) in [6.07, 6.45) is 1.51. The molecule has 0 N–H and O–H groups in total. The quantitative estimate of drug-likeness (QED) is 0.715. The molecule has 0 fully saturated rings. The second kappa shape index (κ2) is 7.93. The van der Waals surface area contributed by atoms with Crippen molar-refractivity contribution in [3.63, 3.8) is 0 Å². The van der Waals surface area contributed by atoms with Crippen LogP contribution in [0.15, 0.2) is 18.2 Å². The van der Waals surface area contributed by atoms with Gasteiger partial charge in [0.2, 0.25) is 0 Å². The highest BCUT2D eigenvalue weighted by atomic mass is 16.5. The van der Waals surface area contributed by atoms with Gasteiger partial charge in [-0.2, -0.15) is 0 Å². The van der Waals surface area contributed by atoms with Gasteiger partial charge in [-0.25, -0.2) is 0 Å². The third-order valence-electron chi connectivity index (χ3n) is 3.37. The number of carbonyl (C=O) groups excluding carboxylic acids is 1. The van der Waals surface area contributed by atoms with Gasteiger partial charge in [0.25, 0.3) is 0 Å². The number of rotatable bonds is 8. The maximum absolute atomic E-state index is 12.1. The summed E-state index contributed by atoms with van der Waals surface area (Å²) in [6, 6.07) is 5.82. The lowest BCUT2D eigenvalue weighted by Crippen LogP contribution is -2.17. The molecule has 1 rings (SSSR count). The predicted octanol–water partition coefficient (Wildman–Crippen LogP) is 4.20. The SMILES string of the molecule is CCCOc1ccc(C(C(=O)CC)C(C)C)cc1OC. The van der Waals surface area contributed by atoms with Crippen LogP contribution < -0.4 is 9.47 Å². The summed E-state index contributed by atoms with van der Waals surface area (Å²) in [5.41, 5.74) is 1.01. The number of ketones is 1. The Hall–Kier alpha value is -1.51. The Labute approximate surface area is 122 Å². The molecule has 0 aliphatic heterocycles. The zero-order chi connectivity index (χ0) is 15.1. The smallest absolute Gasteiger partial charge is 0.161 e. The van der Waals surface area contributed by atoms with Crippen LogP contribution in [0.2, 0.25) is 0 Å². The van der Waals surface area contributed by atoms with Gasteiger partial charge in [-0.15, -0.1) is 0 Å². The Morgan fingerprint density at radius 2 is 1.90 bits per heavy atom. The summed E-state index contributed by atoms with van der Waals surface area (Å²) < 4.78 is 11.0. The summed E-state index contributed by atoms with van der Waals surface area (Å²) in [4.78, 5) is 12.1. The Morgan fingerprint density at radius 1 is 1.20 bits per heavy atom. The van der Waals surface area contributed by atoms with Crippen molar-refractivity contribution in [1.29, 1.82) is 0 Å². The van der Waals surface area contributed by atoms with Gasteiger partial charge in [-0.3, -0.25) is 4.79 Å². The standard InChI is InChI=1S/C17H26O3/c1-6-10-20-15-9-8-13(11-16(15)19-5)17(12(3)4)14(18)7-2/h8-9,11-12,17H,6-7,10H2,1-5H3. The highest BCUT2D eigenvalue weighted by molar-refractivity contribution is 5.86. The van der Waals surface area contributed by atoms with E-state index in [2.05, 4.69) is 20.8 Å². The van der Waals surface area contributed by atoms with E-state index in [0.29, 0.717) is 18.8 Å². The Morgan fingerprint density at radius 3 is 2.40 bits per heavy atom. The molecule has 0 aliphatic rings.